The molecule has 2 aliphatic heterocycles. The lowest BCUT2D eigenvalue weighted by atomic mass is 9.85. The van der Waals surface area contributed by atoms with Gasteiger partial charge in [-0.25, -0.2) is 0 Å². The average molecular weight is 388 g/mol. The summed E-state index contributed by atoms with van der Waals surface area (Å²) in [7, 11) is 1.62. The Kier molecular flexibility index (Phi) is 6.94. The Morgan fingerprint density at radius 3 is 2.57 bits per heavy atom. The van der Waals surface area contributed by atoms with E-state index in [4.69, 9.17) is 4.74 Å². The van der Waals surface area contributed by atoms with Crippen LogP contribution in [0.5, 0.6) is 5.75 Å². The summed E-state index contributed by atoms with van der Waals surface area (Å²) in [6.07, 6.45) is 3.02. The molecule has 154 valence electrons. The number of aryl methyl sites for hydroxylation is 1. The minimum Gasteiger partial charge on any atom is -0.496 e. The van der Waals surface area contributed by atoms with Crippen molar-refractivity contribution in [2.24, 2.45) is 11.8 Å². The highest BCUT2D eigenvalue weighted by atomic mass is 16.5. The molecule has 0 aliphatic carbocycles. The summed E-state index contributed by atoms with van der Waals surface area (Å²) in [6.45, 7) is 8.67. The third kappa shape index (κ3) is 4.85. The highest BCUT2D eigenvalue weighted by Crippen LogP contribution is 2.24. The molecule has 2 atom stereocenters. The first-order valence-electron chi connectivity index (χ1n) is 10.4. The zero-order chi connectivity index (χ0) is 20.1. The van der Waals surface area contributed by atoms with Crippen molar-refractivity contribution in [3.8, 4) is 5.75 Å². The maximum atomic E-state index is 12.8. The molecule has 2 fully saturated rings. The minimum absolute atomic E-state index is 0.00653. The molecule has 0 aromatic heterocycles. The van der Waals surface area contributed by atoms with Gasteiger partial charge in [-0.2, -0.15) is 0 Å². The predicted molar refractivity (Wildman–Crippen MR) is 110 cm³/mol. The van der Waals surface area contributed by atoms with Crippen LogP contribution < -0.4 is 10.1 Å². The van der Waals surface area contributed by atoms with Crippen LogP contribution >= 0.6 is 0 Å². The number of nitrogens with one attached hydrogen (secondary N) is 1. The zero-order valence-electron chi connectivity index (χ0n) is 17.4. The Labute approximate surface area is 168 Å². The fraction of sp³-hybridized carbons (Fsp3) is 0.636. The molecule has 0 spiro atoms. The Bertz CT molecular complexity index is 692. The molecule has 6 heteroatoms. The fourth-order valence-electron chi connectivity index (χ4n) is 4.23. The molecule has 1 N–H and O–H groups in total. The summed E-state index contributed by atoms with van der Waals surface area (Å²) >= 11 is 0. The van der Waals surface area contributed by atoms with Crippen LogP contribution in [0.2, 0.25) is 0 Å². The first-order chi connectivity index (χ1) is 13.5. The SMILES string of the molecule is COc1cc(C(=O)N2CCN(C(=O)CC(C)C3CCCNC3)CC2)ccc1C. The molecule has 1 aromatic rings. The lowest BCUT2D eigenvalue weighted by Gasteiger charge is -2.36. The van der Waals surface area contributed by atoms with Crippen molar-refractivity contribution in [2.75, 3.05) is 46.4 Å². The third-order valence-electron chi connectivity index (χ3n) is 6.21. The number of nitrogens with zero attached hydrogens (tertiary/aromatic N) is 2. The monoisotopic (exact) mass is 387 g/mol. The van der Waals surface area contributed by atoms with E-state index in [0.29, 0.717) is 50.0 Å². The van der Waals surface area contributed by atoms with Gasteiger partial charge in [0.05, 0.1) is 7.11 Å². The number of piperidine rings is 1. The molecule has 2 heterocycles. The maximum absolute atomic E-state index is 12.8. The number of hydrogen-bond acceptors (Lipinski definition) is 4. The van der Waals surface area contributed by atoms with E-state index in [1.165, 1.54) is 12.8 Å². The van der Waals surface area contributed by atoms with Gasteiger partial charge in [-0.1, -0.05) is 13.0 Å². The van der Waals surface area contributed by atoms with E-state index in [2.05, 4.69) is 12.2 Å². The molecule has 0 bridgehead atoms. The number of carbonyl (C=O) groups excluding carboxylic acids is 2. The Morgan fingerprint density at radius 1 is 1.21 bits per heavy atom. The second-order valence-corrected chi connectivity index (χ2v) is 8.15. The van der Waals surface area contributed by atoms with Crippen molar-refractivity contribution < 1.29 is 14.3 Å². The van der Waals surface area contributed by atoms with Crippen LogP contribution in [-0.2, 0) is 4.79 Å². The van der Waals surface area contributed by atoms with E-state index < -0.39 is 0 Å². The molecule has 6 nitrogen and oxygen atoms in total. The number of piperazine rings is 1. The van der Waals surface area contributed by atoms with Crippen LogP contribution in [0.3, 0.4) is 0 Å². The largest absolute Gasteiger partial charge is 0.496 e. The Balaban J connectivity index is 1.50. The molecule has 28 heavy (non-hydrogen) atoms. The molecular formula is C22H33N3O3. The molecule has 0 saturated carbocycles. The van der Waals surface area contributed by atoms with Crippen molar-refractivity contribution >= 4 is 11.8 Å². The topological polar surface area (TPSA) is 61.9 Å². The highest BCUT2D eigenvalue weighted by molar-refractivity contribution is 5.95. The van der Waals surface area contributed by atoms with Crippen LogP contribution in [0, 0.1) is 18.8 Å². The van der Waals surface area contributed by atoms with Crippen molar-refractivity contribution in [2.45, 2.75) is 33.1 Å². The van der Waals surface area contributed by atoms with Crippen LogP contribution in [0.4, 0.5) is 0 Å². The highest BCUT2D eigenvalue weighted by Gasteiger charge is 2.28. The smallest absolute Gasteiger partial charge is 0.254 e. The quantitative estimate of drug-likeness (QED) is 0.842. The summed E-state index contributed by atoms with van der Waals surface area (Å²) in [6, 6.07) is 5.56. The zero-order valence-corrected chi connectivity index (χ0v) is 17.4. The fourth-order valence-corrected chi connectivity index (χ4v) is 4.23. The number of hydrogen-bond donors (Lipinski definition) is 1. The van der Waals surface area contributed by atoms with Gasteiger partial charge in [-0.3, -0.25) is 9.59 Å². The van der Waals surface area contributed by atoms with Crippen LogP contribution in [0.15, 0.2) is 18.2 Å². The number of benzene rings is 1. The Hall–Kier alpha value is -2.08. The van der Waals surface area contributed by atoms with E-state index in [0.717, 1.165) is 24.4 Å². The molecule has 0 radical (unpaired) electrons. The minimum atomic E-state index is 0.00653. The van der Waals surface area contributed by atoms with Crippen molar-refractivity contribution in [3.63, 3.8) is 0 Å². The summed E-state index contributed by atoms with van der Waals surface area (Å²) in [4.78, 5) is 29.3. The average Bonchev–Trinajstić information content (AvgIpc) is 2.74. The molecule has 2 amide bonds. The number of ether oxygens (including phenoxy) is 1. The maximum Gasteiger partial charge on any atom is 0.254 e. The predicted octanol–water partition coefficient (Wildman–Crippen LogP) is 2.31. The van der Waals surface area contributed by atoms with Crippen molar-refractivity contribution in [1.29, 1.82) is 0 Å². The molecule has 3 rings (SSSR count). The van der Waals surface area contributed by atoms with Crippen molar-refractivity contribution in [3.05, 3.63) is 29.3 Å². The number of carbonyl (C=O) groups is 2. The third-order valence-corrected chi connectivity index (χ3v) is 6.21. The van der Waals surface area contributed by atoms with E-state index in [9.17, 15) is 9.59 Å². The van der Waals surface area contributed by atoms with Gasteiger partial charge in [0.1, 0.15) is 5.75 Å². The van der Waals surface area contributed by atoms with E-state index in [-0.39, 0.29) is 11.8 Å². The molecule has 2 saturated heterocycles. The van der Waals surface area contributed by atoms with Crippen LogP contribution in [0.25, 0.3) is 0 Å². The van der Waals surface area contributed by atoms with E-state index >= 15 is 0 Å². The van der Waals surface area contributed by atoms with Gasteiger partial charge in [0, 0.05) is 38.2 Å². The van der Waals surface area contributed by atoms with Gasteiger partial charge >= 0.3 is 0 Å². The Morgan fingerprint density at radius 2 is 1.93 bits per heavy atom. The normalized spacial score (nSPS) is 21.3. The molecule has 2 aliphatic rings. The van der Waals surface area contributed by atoms with Crippen LogP contribution in [0.1, 0.15) is 42.1 Å². The number of rotatable bonds is 5. The molecular weight excluding hydrogens is 354 g/mol. The second-order valence-electron chi connectivity index (χ2n) is 8.15. The van der Waals surface area contributed by atoms with Gasteiger partial charge in [0.2, 0.25) is 5.91 Å². The summed E-state index contributed by atoms with van der Waals surface area (Å²) in [5.74, 6) is 1.96. The number of amides is 2. The summed E-state index contributed by atoms with van der Waals surface area (Å²) < 4.78 is 5.33. The van der Waals surface area contributed by atoms with E-state index in [1.807, 2.05) is 28.9 Å². The van der Waals surface area contributed by atoms with Gasteiger partial charge in [0.15, 0.2) is 0 Å². The van der Waals surface area contributed by atoms with Gasteiger partial charge < -0.3 is 19.9 Å². The van der Waals surface area contributed by atoms with Gasteiger partial charge in [-0.05, 0) is 62.4 Å². The lowest BCUT2D eigenvalue weighted by molar-refractivity contribution is -0.134. The molecule has 1 aromatic carbocycles. The number of methoxy groups -OCH3 is 1. The standard InChI is InChI=1S/C22H33N3O3/c1-16-6-7-18(14-20(16)28-3)22(27)25-11-9-24(10-12-25)21(26)13-17(2)19-5-4-8-23-15-19/h6-7,14,17,19,23H,4-5,8-13,15H2,1-3H3. The van der Waals surface area contributed by atoms with Gasteiger partial charge in [-0.15, -0.1) is 0 Å². The summed E-state index contributed by atoms with van der Waals surface area (Å²) in [5.41, 5.74) is 1.65. The van der Waals surface area contributed by atoms with Crippen LogP contribution in [-0.4, -0.2) is 68.0 Å². The summed E-state index contributed by atoms with van der Waals surface area (Å²) in [5, 5.41) is 3.44. The van der Waals surface area contributed by atoms with E-state index in [1.54, 1.807) is 13.2 Å². The second kappa shape index (κ2) is 9.41. The van der Waals surface area contributed by atoms with Gasteiger partial charge in [0.25, 0.3) is 5.91 Å². The molecule has 2 unspecified atom stereocenters. The lowest BCUT2D eigenvalue weighted by Crippen LogP contribution is -2.51. The van der Waals surface area contributed by atoms with Crippen molar-refractivity contribution in [1.82, 2.24) is 15.1 Å². The first kappa shape index (κ1) is 20.6. The first-order valence-corrected chi connectivity index (χ1v) is 10.4.